The highest BCUT2D eigenvalue weighted by atomic mass is 35.5. The molecule has 0 N–H and O–H groups in total. The van der Waals surface area contributed by atoms with Gasteiger partial charge in [-0.2, -0.15) is 0 Å². The fourth-order valence-corrected chi connectivity index (χ4v) is 7.43. The van der Waals surface area contributed by atoms with Crippen LogP contribution in [-0.2, 0) is 23.0 Å². The Morgan fingerprint density at radius 1 is 0.930 bits per heavy atom. The van der Waals surface area contributed by atoms with Gasteiger partial charge in [-0.15, -0.1) is 0 Å². The lowest BCUT2D eigenvalue weighted by molar-refractivity contribution is 0.0694. The van der Waals surface area contributed by atoms with Crippen molar-refractivity contribution in [2.24, 2.45) is 0 Å². The smallest absolute Gasteiger partial charge is 0.266 e. The average molecular weight is 612 g/mol. The van der Waals surface area contributed by atoms with Crippen LogP contribution in [0.5, 0.6) is 0 Å². The second kappa shape index (κ2) is 12.0. The van der Waals surface area contributed by atoms with Crippen molar-refractivity contribution in [2.45, 2.75) is 23.9 Å². The van der Waals surface area contributed by atoms with Crippen molar-refractivity contribution in [3.05, 3.63) is 160 Å². The fourth-order valence-electron chi connectivity index (χ4n) is 5.47. The molecule has 0 spiro atoms. The lowest BCUT2D eigenvalue weighted by Gasteiger charge is -2.37. The van der Waals surface area contributed by atoms with Crippen molar-refractivity contribution < 1.29 is 17.6 Å². The number of anilines is 1. The van der Waals surface area contributed by atoms with Crippen LogP contribution in [0.1, 0.15) is 38.7 Å². The third-order valence-corrected chi connectivity index (χ3v) is 9.83. The number of hydrogen-bond acceptors (Lipinski definition) is 4. The number of sulfonamides is 1. The summed E-state index contributed by atoms with van der Waals surface area (Å²) in [5.74, 6) is -0.814. The number of carbonyl (C=O) groups excluding carboxylic acids is 1. The maximum atomic E-state index is 14.3. The number of nitrogens with zero attached hydrogens (tertiary/aromatic N) is 3. The summed E-state index contributed by atoms with van der Waals surface area (Å²) < 4.78 is 43.5. The Labute approximate surface area is 255 Å². The Morgan fingerprint density at radius 3 is 2.42 bits per heavy atom. The SMILES string of the molecule is O=C(c1ccc(Cl)c(S(=O)(=O)N(Cc2ccccc2)c2ccc(F)cc2)c1)N1CCc2ccccc2C1c1cccnc1. The van der Waals surface area contributed by atoms with Crippen LogP contribution in [0, 0.1) is 5.82 Å². The predicted molar refractivity (Wildman–Crippen MR) is 165 cm³/mol. The van der Waals surface area contributed by atoms with Crippen LogP contribution in [-0.4, -0.2) is 30.8 Å². The van der Waals surface area contributed by atoms with Crippen molar-refractivity contribution in [3.63, 3.8) is 0 Å². The summed E-state index contributed by atoms with van der Waals surface area (Å²) in [7, 11) is -4.30. The summed E-state index contributed by atoms with van der Waals surface area (Å²) in [6, 6.07) is 30.0. The second-order valence-corrected chi connectivity index (χ2v) is 12.5. The molecule has 0 fully saturated rings. The Morgan fingerprint density at radius 2 is 1.67 bits per heavy atom. The van der Waals surface area contributed by atoms with E-state index < -0.39 is 21.9 Å². The zero-order chi connectivity index (χ0) is 30.0. The zero-order valence-corrected chi connectivity index (χ0v) is 24.5. The van der Waals surface area contributed by atoms with E-state index in [-0.39, 0.29) is 33.6 Å². The van der Waals surface area contributed by atoms with Gasteiger partial charge in [0.05, 0.1) is 23.3 Å². The summed E-state index contributed by atoms with van der Waals surface area (Å²) >= 11 is 6.52. The topological polar surface area (TPSA) is 70.6 Å². The van der Waals surface area contributed by atoms with Gasteiger partial charge in [0.25, 0.3) is 15.9 Å². The molecule has 6 rings (SSSR count). The quantitative estimate of drug-likeness (QED) is 0.198. The standard InChI is InChI=1S/C34H27ClFN3O3S/c35-31-17-12-26(34(40)38-20-18-25-9-4-5-11-30(25)33(38)27-10-6-19-37-22-27)21-32(31)43(41,42)39(23-24-7-2-1-3-8-24)29-15-13-28(36)14-16-29/h1-17,19,21-22,33H,18,20,23H2. The van der Waals surface area contributed by atoms with Gasteiger partial charge in [-0.1, -0.05) is 72.3 Å². The van der Waals surface area contributed by atoms with E-state index in [2.05, 4.69) is 11.1 Å². The summed E-state index contributed by atoms with van der Waals surface area (Å²) in [5, 5.41) is -0.0236. The Bertz CT molecular complexity index is 1870. The summed E-state index contributed by atoms with van der Waals surface area (Å²) in [6.45, 7) is 0.422. The molecule has 1 aromatic heterocycles. The average Bonchev–Trinajstić information content (AvgIpc) is 3.04. The van der Waals surface area contributed by atoms with Gasteiger partial charge < -0.3 is 4.90 Å². The number of amides is 1. The van der Waals surface area contributed by atoms with Crippen LogP contribution in [0.25, 0.3) is 0 Å². The van der Waals surface area contributed by atoms with Crippen molar-refractivity contribution in [1.29, 1.82) is 0 Å². The Hall–Kier alpha value is -4.53. The van der Waals surface area contributed by atoms with Gasteiger partial charge in [0, 0.05) is 24.5 Å². The number of pyridine rings is 1. The first-order valence-corrected chi connectivity index (χ1v) is 15.6. The van der Waals surface area contributed by atoms with Crippen LogP contribution in [0.15, 0.2) is 126 Å². The highest BCUT2D eigenvalue weighted by Gasteiger charge is 2.34. The van der Waals surface area contributed by atoms with E-state index in [4.69, 9.17) is 11.6 Å². The molecule has 1 aliphatic rings. The Kier molecular flexibility index (Phi) is 7.97. The van der Waals surface area contributed by atoms with Gasteiger partial charge in [0.2, 0.25) is 0 Å². The molecule has 1 amide bonds. The molecule has 0 saturated carbocycles. The Balaban J connectivity index is 1.41. The molecule has 0 radical (unpaired) electrons. The number of rotatable bonds is 7. The second-order valence-electron chi connectivity index (χ2n) is 10.3. The first-order valence-electron chi connectivity index (χ1n) is 13.7. The molecule has 1 unspecified atom stereocenters. The number of hydrogen-bond donors (Lipinski definition) is 0. The number of halogens is 2. The maximum absolute atomic E-state index is 14.3. The molecule has 0 aliphatic carbocycles. The van der Waals surface area contributed by atoms with Crippen molar-refractivity contribution in [2.75, 3.05) is 10.8 Å². The van der Waals surface area contributed by atoms with Crippen LogP contribution in [0.4, 0.5) is 10.1 Å². The van der Waals surface area contributed by atoms with Gasteiger partial charge in [0.15, 0.2) is 0 Å². The minimum Gasteiger partial charge on any atom is -0.327 e. The van der Waals surface area contributed by atoms with E-state index in [1.165, 1.54) is 40.7 Å². The van der Waals surface area contributed by atoms with Crippen LogP contribution in [0.3, 0.4) is 0 Å². The molecule has 0 saturated heterocycles. The monoisotopic (exact) mass is 611 g/mol. The third kappa shape index (κ3) is 5.76. The summed E-state index contributed by atoms with van der Waals surface area (Å²) in [4.78, 5) is 20.0. The molecule has 9 heteroatoms. The third-order valence-electron chi connectivity index (χ3n) is 7.57. The van der Waals surface area contributed by atoms with Crippen LogP contribution < -0.4 is 4.31 Å². The minimum atomic E-state index is -4.30. The molecule has 0 bridgehead atoms. The largest absolute Gasteiger partial charge is 0.327 e. The minimum absolute atomic E-state index is 0.0186. The van der Waals surface area contributed by atoms with Crippen molar-refractivity contribution >= 4 is 33.2 Å². The molecule has 5 aromatic rings. The van der Waals surface area contributed by atoms with Crippen molar-refractivity contribution in [1.82, 2.24) is 9.88 Å². The molecule has 216 valence electrons. The lowest BCUT2D eigenvalue weighted by atomic mass is 9.88. The molecular weight excluding hydrogens is 585 g/mol. The van der Waals surface area contributed by atoms with E-state index in [0.717, 1.165) is 22.3 Å². The predicted octanol–water partition coefficient (Wildman–Crippen LogP) is 7.06. The van der Waals surface area contributed by atoms with Gasteiger partial charge in [-0.05, 0) is 77.2 Å². The molecule has 6 nitrogen and oxygen atoms in total. The maximum Gasteiger partial charge on any atom is 0.266 e. The highest BCUT2D eigenvalue weighted by molar-refractivity contribution is 7.93. The summed E-state index contributed by atoms with van der Waals surface area (Å²) in [5.41, 5.74) is 4.19. The van der Waals surface area contributed by atoms with Gasteiger partial charge in [0.1, 0.15) is 10.7 Å². The number of benzene rings is 4. The number of carbonyl (C=O) groups is 1. The van der Waals surface area contributed by atoms with E-state index in [1.807, 2.05) is 48.5 Å². The zero-order valence-electron chi connectivity index (χ0n) is 23.0. The molecule has 4 aromatic carbocycles. The first kappa shape index (κ1) is 28.6. The van der Waals surface area contributed by atoms with Gasteiger partial charge in [-0.3, -0.25) is 14.1 Å². The molecule has 43 heavy (non-hydrogen) atoms. The van der Waals surface area contributed by atoms with Crippen LogP contribution >= 0.6 is 11.6 Å². The molecule has 1 atom stereocenters. The van der Waals surface area contributed by atoms with E-state index >= 15 is 0 Å². The van der Waals surface area contributed by atoms with Crippen molar-refractivity contribution in [3.8, 4) is 0 Å². The molecule has 2 heterocycles. The molecule has 1 aliphatic heterocycles. The van der Waals surface area contributed by atoms with Crippen LogP contribution in [0.2, 0.25) is 5.02 Å². The lowest BCUT2D eigenvalue weighted by Crippen LogP contribution is -2.40. The van der Waals surface area contributed by atoms with Gasteiger partial charge in [-0.25, -0.2) is 12.8 Å². The van der Waals surface area contributed by atoms with E-state index in [9.17, 15) is 17.6 Å². The highest BCUT2D eigenvalue weighted by Crippen LogP contribution is 2.37. The van der Waals surface area contributed by atoms with Gasteiger partial charge >= 0.3 is 0 Å². The normalized spacial score (nSPS) is 14.7. The molecular formula is C34H27ClFN3O3S. The number of fused-ring (bicyclic) bond motifs is 1. The fraction of sp³-hybridized carbons (Fsp3) is 0.118. The van der Waals surface area contributed by atoms with E-state index in [1.54, 1.807) is 35.5 Å². The van der Waals surface area contributed by atoms with E-state index in [0.29, 0.717) is 13.0 Å². The number of aromatic nitrogens is 1. The summed E-state index contributed by atoms with van der Waals surface area (Å²) in [6.07, 6.45) is 4.09. The first-order chi connectivity index (χ1) is 20.8.